The first-order valence-corrected chi connectivity index (χ1v) is 8.94. The van der Waals surface area contributed by atoms with E-state index in [1.54, 1.807) is 0 Å². The predicted octanol–water partition coefficient (Wildman–Crippen LogP) is 3.15. The topological polar surface area (TPSA) is 84.9 Å². The molecule has 1 aliphatic rings. The van der Waals surface area contributed by atoms with E-state index in [4.69, 9.17) is 9.47 Å². The molecule has 0 spiro atoms. The van der Waals surface area contributed by atoms with Crippen molar-refractivity contribution in [1.29, 1.82) is 0 Å². The Kier molecular flexibility index (Phi) is 5.93. The molecule has 28 heavy (non-hydrogen) atoms. The third-order valence-corrected chi connectivity index (χ3v) is 4.32. The molecule has 2 aromatic carbocycles. The summed E-state index contributed by atoms with van der Waals surface area (Å²) in [6.45, 7) is 3.71. The third kappa shape index (κ3) is 4.88. The molecule has 1 atom stereocenters. The van der Waals surface area contributed by atoms with E-state index >= 15 is 0 Å². The van der Waals surface area contributed by atoms with Crippen LogP contribution < -0.4 is 5.32 Å². The highest BCUT2D eigenvalue weighted by Gasteiger charge is 2.40. The zero-order valence-electron chi connectivity index (χ0n) is 15.8. The first-order chi connectivity index (χ1) is 13.4. The molecule has 146 valence electrons. The molecule has 1 saturated heterocycles. The number of amides is 2. The van der Waals surface area contributed by atoms with Crippen molar-refractivity contribution >= 4 is 23.7 Å². The molecule has 3 rings (SSSR count). The lowest BCUT2D eigenvalue weighted by Crippen LogP contribution is -2.40. The second-order valence-corrected chi connectivity index (χ2v) is 6.75. The van der Waals surface area contributed by atoms with Crippen LogP contribution in [-0.4, -0.2) is 35.6 Å². The van der Waals surface area contributed by atoms with Crippen LogP contribution in [0.5, 0.6) is 0 Å². The summed E-state index contributed by atoms with van der Waals surface area (Å²) in [6.07, 6.45) is -0.898. The summed E-state index contributed by atoms with van der Waals surface area (Å²) < 4.78 is 10.2. The lowest BCUT2D eigenvalue weighted by molar-refractivity contribution is -0.140. The van der Waals surface area contributed by atoms with Crippen molar-refractivity contribution in [3.05, 3.63) is 65.2 Å². The number of anilines is 1. The molecule has 2 amide bonds. The maximum absolute atomic E-state index is 12.4. The third-order valence-electron chi connectivity index (χ3n) is 4.32. The number of hydrogen-bond donors (Lipinski definition) is 1. The van der Waals surface area contributed by atoms with Gasteiger partial charge in [-0.2, -0.15) is 0 Å². The lowest BCUT2D eigenvalue weighted by atomic mass is 10.1. The van der Waals surface area contributed by atoms with Crippen LogP contribution in [0.4, 0.5) is 10.5 Å². The van der Waals surface area contributed by atoms with Gasteiger partial charge in [0.15, 0.2) is 6.73 Å². The van der Waals surface area contributed by atoms with E-state index < -0.39 is 18.1 Å². The molecule has 7 heteroatoms. The number of aryl methyl sites for hydroxylation is 2. The second-order valence-electron chi connectivity index (χ2n) is 6.75. The normalized spacial score (nSPS) is 15.9. The van der Waals surface area contributed by atoms with E-state index in [-0.39, 0.29) is 25.7 Å². The number of rotatable bonds is 5. The van der Waals surface area contributed by atoms with Gasteiger partial charge in [-0.25, -0.2) is 9.59 Å². The van der Waals surface area contributed by atoms with Crippen LogP contribution in [0.25, 0.3) is 0 Å². The van der Waals surface area contributed by atoms with Crippen LogP contribution in [0.3, 0.4) is 0 Å². The number of carbonyl (C=O) groups is 3. The van der Waals surface area contributed by atoms with Crippen LogP contribution in [0, 0.1) is 13.8 Å². The Morgan fingerprint density at radius 3 is 2.50 bits per heavy atom. The molecule has 0 aliphatic carbocycles. The lowest BCUT2D eigenvalue weighted by Gasteiger charge is -2.19. The molecule has 0 bridgehead atoms. The average molecular weight is 382 g/mol. The summed E-state index contributed by atoms with van der Waals surface area (Å²) in [7, 11) is 0. The highest BCUT2D eigenvalue weighted by molar-refractivity contribution is 5.96. The number of ether oxygens (including phenoxy) is 2. The maximum Gasteiger partial charge on any atom is 0.413 e. The largest absolute Gasteiger partial charge is 0.444 e. The van der Waals surface area contributed by atoms with Crippen molar-refractivity contribution in [2.24, 2.45) is 0 Å². The van der Waals surface area contributed by atoms with Crippen LogP contribution in [-0.2, 0) is 25.7 Å². The SMILES string of the molecule is Cc1cc(C)cc(NC(=O)C[C@@H]2C(=O)OCN2C(=O)OCc2ccccc2)c1. The fourth-order valence-electron chi connectivity index (χ4n) is 3.06. The summed E-state index contributed by atoms with van der Waals surface area (Å²) in [6, 6.07) is 13.9. The molecule has 1 fully saturated rings. The average Bonchev–Trinajstić information content (AvgIpc) is 3.00. The minimum atomic E-state index is -1.01. The number of esters is 1. The number of nitrogens with one attached hydrogen (secondary N) is 1. The van der Waals surface area contributed by atoms with Crippen LogP contribution in [0.2, 0.25) is 0 Å². The Bertz CT molecular complexity index is 861. The molecule has 1 aliphatic heterocycles. The quantitative estimate of drug-likeness (QED) is 0.803. The monoisotopic (exact) mass is 382 g/mol. The minimum absolute atomic E-state index is 0.0752. The molecule has 1 heterocycles. The Morgan fingerprint density at radius 2 is 1.82 bits per heavy atom. The van der Waals surface area contributed by atoms with Gasteiger partial charge in [0.25, 0.3) is 0 Å². The van der Waals surface area contributed by atoms with Crippen molar-refractivity contribution in [3.63, 3.8) is 0 Å². The van der Waals surface area contributed by atoms with Gasteiger partial charge in [-0.1, -0.05) is 36.4 Å². The minimum Gasteiger partial charge on any atom is -0.444 e. The first kappa shape index (κ1) is 19.4. The van der Waals surface area contributed by atoms with Gasteiger partial charge in [0.2, 0.25) is 5.91 Å². The van der Waals surface area contributed by atoms with Gasteiger partial charge >= 0.3 is 12.1 Å². The molecule has 2 aromatic rings. The van der Waals surface area contributed by atoms with Crippen LogP contribution in [0.15, 0.2) is 48.5 Å². The number of nitrogens with zero attached hydrogens (tertiary/aromatic N) is 1. The van der Waals surface area contributed by atoms with E-state index in [0.717, 1.165) is 21.6 Å². The Labute approximate surface area is 163 Å². The number of benzene rings is 2. The second kappa shape index (κ2) is 8.56. The van der Waals surface area contributed by atoms with Crippen LogP contribution >= 0.6 is 0 Å². The van der Waals surface area contributed by atoms with Crippen molar-refractivity contribution in [2.45, 2.75) is 32.9 Å². The van der Waals surface area contributed by atoms with Gasteiger partial charge < -0.3 is 14.8 Å². The molecule has 0 radical (unpaired) electrons. The van der Waals surface area contributed by atoms with E-state index in [2.05, 4.69) is 5.32 Å². The van der Waals surface area contributed by atoms with Crippen LogP contribution in [0.1, 0.15) is 23.1 Å². The fraction of sp³-hybridized carbons (Fsp3) is 0.286. The maximum atomic E-state index is 12.4. The number of cyclic esters (lactones) is 1. The molecule has 0 unspecified atom stereocenters. The standard InChI is InChI=1S/C21H22N2O5/c1-14-8-15(2)10-17(9-14)22-19(24)11-18-20(25)28-13-23(18)21(26)27-12-16-6-4-3-5-7-16/h3-10,18H,11-13H2,1-2H3,(H,22,24)/t18-/m1/s1. The van der Waals surface area contributed by atoms with Gasteiger partial charge in [0.05, 0.1) is 6.42 Å². The van der Waals surface area contributed by atoms with Crippen molar-refractivity contribution in [2.75, 3.05) is 12.0 Å². The summed E-state index contributed by atoms with van der Waals surface area (Å²) in [5.41, 5.74) is 3.50. The summed E-state index contributed by atoms with van der Waals surface area (Å²) in [4.78, 5) is 37.9. The summed E-state index contributed by atoms with van der Waals surface area (Å²) in [5, 5.41) is 2.76. The zero-order chi connectivity index (χ0) is 20.1. The van der Waals surface area contributed by atoms with Gasteiger partial charge in [-0.05, 0) is 42.7 Å². The number of hydrogen-bond acceptors (Lipinski definition) is 5. The van der Waals surface area contributed by atoms with E-state index in [9.17, 15) is 14.4 Å². The Balaban J connectivity index is 1.60. The highest BCUT2D eigenvalue weighted by atomic mass is 16.6. The summed E-state index contributed by atoms with van der Waals surface area (Å²) >= 11 is 0. The van der Waals surface area contributed by atoms with Crippen molar-refractivity contribution in [3.8, 4) is 0 Å². The molecule has 1 N–H and O–H groups in total. The van der Waals surface area contributed by atoms with Gasteiger partial charge in [-0.3, -0.25) is 9.69 Å². The fourth-order valence-corrected chi connectivity index (χ4v) is 3.06. The zero-order valence-corrected chi connectivity index (χ0v) is 15.8. The van der Waals surface area contributed by atoms with Crippen molar-refractivity contribution < 1.29 is 23.9 Å². The highest BCUT2D eigenvalue weighted by Crippen LogP contribution is 2.19. The van der Waals surface area contributed by atoms with Crippen molar-refractivity contribution in [1.82, 2.24) is 4.90 Å². The predicted molar refractivity (Wildman–Crippen MR) is 102 cm³/mol. The van der Waals surface area contributed by atoms with E-state index in [1.165, 1.54) is 0 Å². The molecular weight excluding hydrogens is 360 g/mol. The Morgan fingerprint density at radius 1 is 1.14 bits per heavy atom. The van der Waals surface area contributed by atoms with E-state index in [1.807, 2.05) is 62.4 Å². The van der Waals surface area contributed by atoms with E-state index in [0.29, 0.717) is 5.69 Å². The molecule has 7 nitrogen and oxygen atoms in total. The summed E-state index contributed by atoms with van der Waals surface area (Å²) in [5.74, 6) is -0.998. The Hall–Kier alpha value is -3.35. The first-order valence-electron chi connectivity index (χ1n) is 8.94. The molecular formula is C21H22N2O5. The molecule has 0 saturated carbocycles. The molecule has 0 aromatic heterocycles. The van der Waals surface area contributed by atoms with Gasteiger partial charge in [0, 0.05) is 5.69 Å². The smallest absolute Gasteiger partial charge is 0.413 e. The number of carbonyl (C=O) groups excluding carboxylic acids is 3. The van der Waals surface area contributed by atoms with Gasteiger partial charge in [-0.15, -0.1) is 0 Å². The van der Waals surface area contributed by atoms with Gasteiger partial charge in [0.1, 0.15) is 12.6 Å².